The molecule has 4 fully saturated rings. The molecule has 1 N–H and O–H groups in total. The monoisotopic (exact) mass is 742 g/mol. The number of hydrogen-bond donors (Lipinski definition) is 1. The summed E-state index contributed by atoms with van der Waals surface area (Å²) in [5, 5.41) is 4.51. The van der Waals surface area contributed by atoms with Crippen molar-refractivity contribution >= 4 is 52.5 Å². The third-order valence-electron chi connectivity index (χ3n) is 9.87. The lowest BCUT2D eigenvalue weighted by Crippen LogP contribution is -2.39. The molecule has 4 aliphatic rings. The van der Waals surface area contributed by atoms with Gasteiger partial charge in [0, 0.05) is 72.0 Å². The van der Waals surface area contributed by atoms with Crippen molar-refractivity contribution < 1.29 is 19.1 Å². The summed E-state index contributed by atoms with van der Waals surface area (Å²) >= 11 is 13.3. The molecule has 4 aliphatic heterocycles. The van der Waals surface area contributed by atoms with Crippen molar-refractivity contribution in [3.05, 3.63) is 57.6 Å². The highest BCUT2D eigenvalue weighted by molar-refractivity contribution is 6.37. The van der Waals surface area contributed by atoms with E-state index in [-0.39, 0.29) is 17.9 Å². The van der Waals surface area contributed by atoms with Crippen LogP contribution >= 0.6 is 23.2 Å². The molecule has 12 heteroatoms. The average Bonchev–Trinajstić information content (AvgIpc) is 3.56. The van der Waals surface area contributed by atoms with Gasteiger partial charge in [0.2, 0.25) is 0 Å². The Bertz CT molecular complexity index is 1480. The molecule has 280 valence electrons. The number of carbonyl (C=O) groups is 3. The van der Waals surface area contributed by atoms with E-state index in [4.69, 9.17) is 27.9 Å². The van der Waals surface area contributed by atoms with Crippen molar-refractivity contribution in [1.82, 2.24) is 20.0 Å². The first-order chi connectivity index (χ1) is 24.5. The number of piperidine rings is 2. The van der Waals surface area contributed by atoms with E-state index in [1.807, 2.05) is 67.0 Å². The van der Waals surface area contributed by atoms with E-state index in [2.05, 4.69) is 15.1 Å². The fraction of sp³-hybridized carbons (Fsp3) is 0.615. The molecule has 0 spiro atoms. The first kappa shape index (κ1) is 39.0. The summed E-state index contributed by atoms with van der Waals surface area (Å²) in [6.07, 6.45) is 8.34. The maximum atomic E-state index is 13.0. The van der Waals surface area contributed by atoms with Crippen LogP contribution in [0.3, 0.4) is 0 Å². The topological polar surface area (TPSA) is 88.7 Å². The molecule has 0 unspecified atom stereocenters. The standard InChI is InChI=1S/C22H32ClN3O3.C17H24ClN3O/c1-22(2,3)29-21(28)26-14-8-13-24(15-16-26)18-10-7-9-17(19(18)23)20(27)25-11-5-4-6-12-25;18-16-14(17(22)21-10-2-1-3-11-21)6-4-7-15(16)20-12-5-8-19-9-13-20/h7,9-10H,4-6,8,11-16H2,1-3H3;4,6-7,19H,1-3,5,8-13H2. The maximum absolute atomic E-state index is 13.0. The zero-order valence-corrected chi connectivity index (χ0v) is 32.2. The number of hydrogen-bond acceptors (Lipinski definition) is 7. The quantitative estimate of drug-likeness (QED) is 0.355. The predicted molar refractivity (Wildman–Crippen MR) is 207 cm³/mol. The van der Waals surface area contributed by atoms with E-state index in [0.717, 1.165) is 109 Å². The van der Waals surface area contributed by atoms with Gasteiger partial charge < -0.3 is 34.6 Å². The Hall–Kier alpha value is -3.21. The first-order valence-electron chi connectivity index (χ1n) is 18.9. The normalized spacial score (nSPS) is 19.0. The van der Waals surface area contributed by atoms with Crippen molar-refractivity contribution in [3.8, 4) is 0 Å². The molecular formula is C39H56Cl2N6O4. The third-order valence-corrected chi connectivity index (χ3v) is 10.7. The maximum Gasteiger partial charge on any atom is 0.410 e. The lowest BCUT2D eigenvalue weighted by molar-refractivity contribution is 0.0263. The summed E-state index contributed by atoms with van der Waals surface area (Å²) in [6, 6.07) is 11.5. The second-order valence-corrected chi connectivity index (χ2v) is 15.6. The van der Waals surface area contributed by atoms with E-state index < -0.39 is 5.60 Å². The van der Waals surface area contributed by atoms with Crippen LogP contribution in [0.5, 0.6) is 0 Å². The molecule has 0 radical (unpaired) electrons. The number of nitrogens with zero attached hydrogens (tertiary/aromatic N) is 5. The number of ether oxygens (including phenoxy) is 1. The van der Waals surface area contributed by atoms with Crippen molar-refractivity contribution in [1.29, 1.82) is 0 Å². The molecular weight excluding hydrogens is 687 g/mol. The van der Waals surface area contributed by atoms with Crippen molar-refractivity contribution in [2.75, 3.05) is 88.3 Å². The minimum Gasteiger partial charge on any atom is -0.444 e. The lowest BCUT2D eigenvalue weighted by Gasteiger charge is -2.29. The molecule has 2 aromatic rings. The van der Waals surface area contributed by atoms with Crippen LogP contribution in [0.1, 0.15) is 92.9 Å². The molecule has 4 heterocycles. The Labute approximate surface area is 314 Å². The van der Waals surface area contributed by atoms with Crippen LogP contribution in [-0.2, 0) is 4.74 Å². The van der Waals surface area contributed by atoms with Gasteiger partial charge in [-0.05, 0) is 103 Å². The summed E-state index contributed by atoms with van der Waals surface area (Å²) in [7, 11) is 0. The minimum atomic E-state index is -0.504. The second-order valence-electron chi connectivity index (χ2n) is 14.9. The number of halogens is 2. The van der Waals surface area contributed by atoms with Crippen LogP contribution in [0.2, 0.25) is 10.0 Å². The zero-order valence-electron chi connectivity index (χ0n) is 30.7. The van der Waals surface area contributed by atoms with Crippen molar-refractivity contribution in [2.24, 2.45) is 0 Å². The summed E-state index contributed by atoms with van der Waals surface area (Å²) in [5.74, 6) is 0.0984. The van der Waals surface area contributed by atoms with Crippen LogP contribution in [0.4, 0.5) is 16.2 Å². The molecule has 51 heavy (non-hydrogen) atoms. The van der Waals surface area contributed by atoms with Gasteiger partial charge in [-0.15, -0.1) is 0 Å². The largest absolute Gasteiger partial charge is 0.444 e. The Morgan fingerprint density at radius 2 is 1.06 bits per heavy atom. The summed E-state index contributed by atoms with van der Waals surface area (Å²) in [6.45, 7) is 15.5. The fourth-order valence-electron chi connectivity index (χ4n) is 7.15. The number of carbonyl (C=O) groups excluding carboxylic acids is 3. The van der Waals surface area contributed by atoms with E-state index in [1.165, 1.54) is 12.8 Å². The number of rotatable bonds is 4. The van der Waals surface area contributed by atoms with Gasteiger partial charge in [-0.1, -0.05) is 35.3 Å². The molecule has 0 bridgehead atoms. The molecule has 6 rings (SSSR count). The molecule has 0 saturated carbocycles. The molecule has 0 atom stereocenters. The highest BCUT2D eigenvalue weighted by Crippen LogP contribution is 2.33. The van der Waals surface area contributed by atoms with E-state index in [1.54, 1.807) is 4.90 Å². The number of benzene rings is 2. The Morgan fingerprint density at radius 3 is 1.59 bits per heavy atom. The van der Waals surface area contributed by atoms with E-state index in [9.17, 15) is 14.4 Å². The van der Waals surface area contributed by atoms with E-state index in [0.29, 0.717) is 40.8 Å². The zero-order chi connectivity index (χ0) is 36.4. The minimum absolute atomic E-state index is 0.0155. The van der Waals surface area contributed by atoms with Gasteiger partial charge in [-0.2, -0.15) is 0 Å². The molecule has 0 aliphatic carbocycles. The average molecular weight is 744 g/mol. The van der Waals surface area contributed by atoms with Crippen LogP contribution in [0.25, 0.3) is 0 Å². The number of nitrogens with one attached hydrogen (secondary N) is 1. The van der Waals surface area contributed by atoms with Crippen molar-refractivity contribution in [2.45, 2.75) is 77.7 Å². The van der Waals surface area contributed by atoms with Crippen LogP contribution in [0, 0.1) is 0 Å². The highest BCUT2D eigenvalue weighted by Gasteiger charge is 2.28. The van der Waals surface area contributed by atoms with Gasteiger partial charge in [0.15, 0.2) is 0 Å². The van der Waals surface area contributed by atoms with Crippen LogP contribution < -0.4 is 15.1 Å². The predicted octanol–water partition coefficient (Wildman–Crippen LogP) is 7.18. The first-order valence-corrected chi connectivity index (χ1v) is 19.6. The van der Waals surface area contributed by atoms with E-state index >= 15 is 0 Å². The van der Waals surface area contributed by atoms with Gasteiger partial charge in [0.25, 0.3) is 11.8 Å². The number of anilines is 2. The van der Waals surface area contributed by atoms with Crippen molar-refractivity contribution in [3.63, 3.8) is 0 Å². The Balaban J connectivity index is 0.000000205. The number of likely N-dealkylation sites (tertiary alicyclic amines) is 2. The summed E-state index contributed by atoms with van der Waals surface area (Å²) in [5.41, 5.74) is 2.57. The van der Waals surface area contributed by atoms with Gasteiger partial charge in [-0.25, -0.2) is 4.79 Å². The molecule has 10 nitrogen and oxygen atoms in total. The van der Waals surface area contributed by atoms with Gasteiger partial charge in [0.05, 0.1) is 32.5 Å². The SMILES string of the molecule is CC(C)(C)OC(=O)N1CCCN(c2cccc(C(=O)N3CCCCC3)c2Cl)CC1.O=C(c1cccc(N2CCCNCC2)c1Cl)N1CCCCC1. The second kappa shape index (κ2) is 18.5. The highest BCUT2D eigenvalue weighted by atomic mass is 35.5. The van der Waals surface area contributed by atoms with Gasteiger partial charge in [-0.3, -0.25) is 9.59 Å². The lowest BCUT2D eigenvalue weighted by atomic mass is 10.1. The Morgan fingerprint density at radius 1 is 0.569 bits per heavy atom. The fourth-order valence-corrected chi connectivity index (χ4v) is 7.80. The van der Waals surface area contributed by atoms with Crippen LogP contribution in [-0.4, -0.2) is 117 Å². The van der Waals surface area contributed by atoms with Crippen LogP contribution in [0.15, 0.2) is 36.4 Å². The molecule has 3 amide bonds. The summed E-state index contributed by atoms with van der Waals surface area (Å²) < 4.78 is 5.51. The smallest absolute Gasteiger partial charge is 0.410 e. The number of amides is 3. The Kier molecular flexibility index (Phi) is 14.2. The molecule has 4 saturated heterocycles. The van der Waals surface area contributed by atoms with Gasteiger partial charge >= 0.3 is 6.09 Å². The summed E-state index contributed by atoms with van der Waals surface area (Å²) in [4.78, 5) is 48.1. The third kappa shape index (κ3) is 10.7. The van der Waals surface area contributed by atoms with Gasteiger partial charge in [0.1, 0.15) is 5.60 Å². The molecule has 0 aromatic heterocycles. The molecule has 2 aromatic carbocycles.